The van der Waals surface area contributed by atoms with Crippen LogP contribution in [0.3, 0.4) is 0 Å². The number of amides is 2. The van der Waals surface area contributed by atoms with Crippen molar-refractivity contribution in [3.63, 3.8) is 0 Å². The minimum Gasteiger partial charge on any atom is -0.481 e. The third-order valence-corrected chi connectivity index (χ3v) is 10.3. The summed E-state index contributed by atoms with van der Waals surface area (Å²) in [5.41, 5.74) is 0. The summed E-state index contributed by atoms with van der Waals surface area (Å²) >= 11 is 0. The van der Waals surface area contributed by atoms with Crippen LogP contribution in [0.25, 0.3) is 0 Å². The summed E-state index contributed by atoms with van der Waals surface area (Å²) in [5, 5.41) is 32.0. The molecule has 0 saturated heterocycles. The van der Waals surface area contributed by atoms with E-state index in [1.54, 1.807) is 6.92 Å². The average Bonchev–Trinajstić information content (AvgIpc) is 3.23. The first-order valence-electron chi connectivity index (χ1n) is 23.9. The summed E-state index contributed by atoms with van der Waals surface area (Å²) in [6.07, 6.45) is 22.6. The molecule has 0 aliphatic rings. The van der Waals surface area contributed by atoms with E-state index >= 15 is 0 Å². The second kappa shape index (κ2) is 46.5. The number of carboxylic acid groups (broad SMARTS) is 3. The van der Waals surface area contributed by atoms with Crippen LogP contribution >= 0.6 is 0 Å². The van der Waals surface area contributed by atoms with Crippen LogP contribution in [0.5, 0.6) is 0 Å². The molecule has 0 saturated carbocycles. The van der Waals surface area contributed by atoms with E-state index in [0.29, 0.717) is 91.1 Å². The monoisotopic (exact) mass is 903 g/mol. The summed E-state index contributed by atoms with van der Waals surface area (Å²) in [7, 11) is 0. The SMILES string of the molecule is CCC[C@H](CC(=O)CCCCCCCCCCCCCCCCC(=O)O)C(=O)O.CC[C@@H](CCCCNC(=O)COCCOCCNC(=O)COCCOCCCC(C)=O)C(=O)O. The highest BCUT2D eigenvalue weighted by molar-refractivity contribution is 5.83. The van der Waals surface area contributed by atoms with Gasteiger partial charge in [0.2, 0.25) is 11.8 Å². The number of hydrogen-bond donors (Lipinski definition) is 5. The molecule has 0 unspecified atom stereocenters. The van der Waals surface area contributed by atoms with E-state index in [1.807, 2.05) is 13.8 Å². The predicted octanol–water partition coefficient (Wildman–Crippen LogP) is 7.71. The molecule has 5 N–H and O–H groups in total. The largest absolute Gasteiger partial charge is 0.481 e. The normalized spacial score (nSPS) is 11.9. The van der Waals surface area contributed by atoms with Crippen LogP contribution in [0, 0.1) is 11.8 Å². The summed E-state index contributed by atoms with van der Waals surface area (Å²) < 4.78 is 21.0. The number of carbonyl (C=O) groups excluding carboxylic acids is 4. The van der Waals surface area contributed by atoms with Gasteiger partial charge in [0.05, 0.1) is 44.9 Å². The number of carbonyl (C=O) groups is 7. The van der Waals surface area contributed by atoms with Crippen LogP contribution in [0.4, 0.5) is 0 Å². The van der Waals surface area contributed by atoms with E-state index in [4.69, 9.17) is 34.3 Å². The van der Waals surface area contributed by atoms with Gasteiger partial charge < -0.3 is 49.7 Å². The van der Waals surface area contributed by atoms with Gasteiger partial charge in [-0.3, -0.25) is 28.8 Å². The van der Waals surface area contributed by atoms with Crippen LogP contribution in [-0.4, -0.2) is 123 Å². The van der Waals surface area contributed by atoms with Gasteiger partial charge in [0.25, 0.3) is 0 Å². The van der Waals surface area contributed by atoms with Crippen LogP contribution in [-0.2, 0) is 52.5 Å². The molecule has 16 nitrogen and oxygen atoms in total. The van der Waals surface area contributed by atoms with E-state index in [9.17, 15) is 33.6 Å². The molecule has 0 aromatic heterocycles. The minimum atomic E-state index is -0.837. The maximum absolute atomic E-state index is 11.9. The number of rotatable bonds is 46. The molecule has 0 rings (SSSR count). The Morgan fingerprint density at radius 3 is 1.38 bits per heavy atom. The quantitative estimate of drug-likeness (QED) is 0.0368. The molecule has 2 atom stereocenters. The first-order chi connectivity index (χ1) is 30.3. The second-order valence-electron chi connectivity index (χ2n) is 16.2. The smallest absolute Gasteiger partial charge is 0.306 e. The zero-order valence-corrected chi connectivity index (χ0v) is 39.2. The lowest BCUT2D eigenvalue weighted by Crippen LogP contribution is -2.31. The van der Waals surface area contributed by atoms with Gasteiger partial charge in [-0.05, 0) is 51.9 Å². The van der Waals surface area contributed by atoms with Crippen molar-refractivity contribution < 1.29 is 67.8 Å². The topological polar surface area (TPSA) is 241 Å². The van der Waals surface area contributed by atoms with Gasteiger partial charge in [-0.2, -0.15) is 0 Å². The van der Waals surface area contributed by atoms with Crippen molar-refractivity contribution in [2.24, 2.45) is 11.8 Å². The number of Topliss-reactive ketones (excluding diaryl/α,β-unsaturated/α-hetero) is 2. The summed E-state index contributed by atoms with van der Waals surface area (Å²) in [6.45, 7) is 8.10. The first-order valence-corrected chi connectivity index (χ1v) is 23.9. The first kappa shape index (κ1) is 61.6. The highest BCUT2D eigenvalue weighted by Crippen LogP contribution is 2.17. The molecule has 63 heavy (non-hydrogen) atoms. The van der Waals surface area contributed by atoms with Crippen molar-refractivity contribution in [3.05, 3.63) is 0 Å². The van der Waals surface area contributed by atoms with Gasteiger partial charge in [0, 0.05) is 45.4 Å². The number of ether oxygens (including phenoxy) is 4. The lowest BCUT2D eigenvalue weighted by Gasteiger charge is -2.10. The lowest BCUT2D eigenvalue weighted by molar-refractivity contribution is -0.144. The molecule has 0 fully saturated rings. The lowest BCUT2D eigenvalue weighted by atomic mass is 9.95. The maximum atomic E-state index is 11.9. The second-order valence-corrected chi connectivity index (χ2v) is 16.2. The van der Waals surface area contributed by atoms with Gasteiger partial charge in [-0.1, -0.05) is 104 Å². The Balaban J connectivity index is 0. The van der Waals surface area contributed by atoms with Crippen LogP contribution in [0.1, 0.15) is 181 Å². The van der Waals surface area contributed by atoms with Crippen molar-refractivity contribution in [3.8, 4) is 0 Å². The van der Waals surface area contributed by atoms with Crippen LogP contribution < -0.4 is 10.6 Å². The zero-order valence-electron chi connectivity index (χ0n) is 39.2. The van der Waals surface area contributed by atoms with Crippen LogP contribution in [0.15, 0.2) is 0 Å². The fraction of sp³-hybridized carbons (Fsp3) is 0.851. The Labute approximate surface area is 378 Å². The number of ketones is 2. The summed E-state index contributed by atoms with van der Waals surface area (Å²) in [6, 6.07) is 0. The standard InChI is InChI=1S/C24H44O5.C23H42N2O9/c1-2-17-21(24(28)29)20-22(25)18-15-13-11-9-7-5-3-4-6-8-10-12-14-16-19-23(26)27;1-3-20(23(29)30)8-4-5-9-24-21(27)17-34-16-14-32-12-10-25-22(28)18-33-15-13-31-11-6-7-19(2)26/h21H,2-20H2,1H3,(H,26,27)(H,28,29);20H,3-18H2,1-2H3,(H,24,27)(H,25,28)(H,29,30)/t21-;20-/m10/s1. The average molecular weight is 903 g/mol. The predicted molar refractivity (Wildman–Crippen MR) is 242 cm³/mol. The molecule has 0 aromatic carbocycles. The van der Waals surface area contributed by atoms with Crippen molar-refractivity contribution in [1.82, 2.24) is 10.6 Å². The Morgan fingerprint density at radius 1 is 0.460 bits per heavy atom. The van der Waals surface area contributed by atoms with Gasteiger partial charge >= 0.3 is 17.9 Å². The fourth-order valence-corrected chi connectivity index (χ4v) is 6.56. The summed E-state index contributed by atoms with van der Waals surface area (Å²) in [5.74, 6) is -3.33. The fourth-order valence-electron chi connectivity index (χ4n) is 6.56. The third kappa shape index (κ3) is 47.8. The van der Waals surface area contributed by atoms with E-state index in [0.717, 1.165) is 51.4 Å². The molecule has 368 valence electrons. The van der Waals surface area contributed by atoms with Crippen LogP contribution in [0.2, 0.25) is 0 Å². The zero-order chi connectivity index (χ0) is 47.2. The molecule has 0 spiro atoms. The van der Waals surface area contributed by atoms with Gasteiger partial charge in [-0.25, -0.2) is 0 Å². The number of carboxylic acids is 3. The Kier molecular flexibility index (Phi) is 45.5. The van der Waals surface area contributed by atoms with E-state index in [2.05, 4.69) is 10.6 Å². The highest BCUT2D eigenvalue weighted by atomic mass is 16.5. The van der Waals surface area contributed by atoms with Crippen molar-refractivity contribution >= 4 is 41.3 Å². The van der Waals surface area contributed by atoms with E-state index in [-0.39, 0.29) is 55.5 Å². The number of aliphatic carboxylic acids is 3. The molecule has 0 bridgehead atoms. The van der Waals surface area contributed by atoms with Crippen molar-refractivity contribution in [2.45, 2.75) is 181 Å². The van der Waals surface area contributed by atoms with Crippen molar-refractivity contribution in [2.75, 3.05) is 65.9 Å². The third-order valence-electron chi connectivity index (χ3n) is 10.3. The molecule has 0 heterocycles. The minimum absolute atomic E-state index is 0.0617. The molecule has 16 heteroatoms. The molecule has 0 radical (unpaired) electrons. The highest BCUT2D eigenvalue weighted by Gasteiger charge is 2.20. The molecule has 0 aromatic rings. The van der Waals surface area contributed by atoms with E-state index in [1.165, 1.54) is 57.8 Å². The number of unbranched alkanes of at least 4 members (excludes halogenated alkanes) is 14. The number of nitrogens with one attached hydrogen (secondary N) is 2. The summed E-state index contributed by atoms with van der Waals surface area (Å²) in [4.78, 5) is 78.4. The number of hydrogen-bond acceptors (Lipinski definition) is 11. The van der Waals surface area contributed by atoms with Gasteiger partial charge in [0.1, 0.15) is 24.8 Å². The van der Waals surface area contributed by atoms with Gasteiger partial charge in [0.15, 0.2) is 0 Å². The molecule has 0 aliphatic heterocycles. The Bertz CT molecular complexity index is 1180. The molecular formula is C47H86N2O14. The maximum Gasteiger partial charge on any atom is 0.306 e. The molecule has 2 amide bonds. The molecule has 0 aliphatic carbocycles. The van der Waals surface area contributed by atoms with E-state index < -0.39 is 23.8 Å². The van der Waals surface area contributed by atoms with Crippen molar-refractivity contribution in [1.29, 1.82) is 0 Å². The molecular weight excluding hydrogens is 817 g/mol. The Morgan fingerprint density at radius 2 is 0.921 bits per heavy atom. The van der Waals surface area contributed by atoms with Gasteiger partial charge in [-0.15, -0.1) is 0 Å². The Hall–Kier alpha value is -3.47.